The summed E-state index contributed by atoms with van der Waals surface area (Å²) in [5, 5.41) is 12.2. The molecule has 0 unspecified atom stereocenters. The normalized spacial score (nSPS) is 15.3. The first kappa shape index (κ1) is 22.5. The van der Waals surface area contributed by atoms with Crippen LogP contribution in [-0.4, -0.2) is 37.7 Å². The van der Waals surface area contributed by atoms with Gasteiger partial charge in [-0.15, -0.1) is 0 Å². The van der Waals surface area contributed by atoms with Crippen molar-refractivity contribution >= 4 is 11.9 Å². The third kappa shape index (κ3) is 6.67. The standard InChI is InChI=1S/C22H30N2O5/c1-16(2)9-12-28-18-8-7-17(13-19(18)27-3)21(26)29-14-20(25)24-22(15-23)10-5-4-6-11-22/h7-8,13,16H,4-6,9-12,14H2,1-3H3,(H,24,25). The van der Waals surface area contributed by atoms with E-state index in [9.17, 15) is 14.9 Å². The molecule has 0 atom stereocenters. The van der Waals surface area contributed by atoms with Gasteiger partial charge in [0.15, 0.2) is 18.1 Å². The molecule has 0 aromatic heterocycles. The number of ether oxygens (including phenoxy) is 3. The summed E-state index contributed by atoms with van der Waals surface area (Å²) in [5.74, 6) is 0.397. The first-order chi connectivity index (χ1) is 13.9. The smallest absolute Gasteiger partial charge is 0.338 e. The van der Waals surface area contributed by atoms with Crippen molar-refractivity contribution in [3.05, 3.63) is 23.8 Å². The lowest BCUT2D eigenvalue weighted by atomic mass is 9.83. The summed E-state index contributed by atoms with van der Waals surface area (Å²) in [6, 6.07) is 6.97. The Kier molecular flexibility index (Phi) is 8.32. The van der Waals surface area contributed by atoms with Crippen molar-refractivity contribution in [3.8, 4) is 17.6 Å². The SMILES string of the molecule is COc1cc(C(=O)OCC(=O)NC2(C#N)CCCCC2)ccc1OCCC(C)C. The molecule has 7 nitrogen and oxygen atoms in total. The van der Waals surface area contributed by atoms with Gasteiger partial charge in [-0.1, -0.05) is 33.1 Å². The molecule has 1 fully saturated rings. The lowest BCUT2D eigenvalue weighted by Crippen LogP contribution is -2.50. The molecule has 0 heterocycles. The van der Waals surface area contributed by atoms with E-state index in [1.807, 2.05) is 0 Å². The Balaban J connectivity index is 1.91. The Bertz CT molecular complexity index is 748. The van der Waals surface area contributed by atoms with Crippen LogP contribution >= 0.6 is 0 Å². The van der Waals surface area contributed by atoms with Gasteiger partial charge in [-0.3, -0.25) is 4.79 Å². The minimum atomic E-state index is -0.847. The fourth-order valence-corrected chi connectivity index (χ4v) is 3.26. The van der Waals surface area contributed by atoms with Gasteiger partial charge < -0.3 is 19.5 Å². The highest BCUT2D eigenvalue weighted by Gasteiger charge is 2.33. The Morgan fingerprint density at radius 2 is 1.93 bits per heavy atom. The van der Waals surface area contributed by atoms with Crippen molar-refractivity contribution in [1.29, 1.82) is 5.26 Å². The molecule has 1 aromatic carbocycles. The molecule has 1 aliphatic carbocycles. The molecule has 0 bridgehead atoms. The fourth-order valence-electron chi connectivity index (χ4n) is 3.26. The number of nitriles is 1. The number of nitrogens with zero attached hydrogens (tertiary/aromatic N) is 1. The van der Waals surface area contributed by atoms with Gasteiger partial charge in [-0.25, -0.2) is 4.79 Å². The van der Waals surface area contributed by atoms with Crippen molar-refractivity contribution in [2.24, 2.45) is 5.92 Å². The van der Waals surface area contributed by atoms with E-state index in [2.05, 4.69) is 25.2 Å². The average Bonchev–Trinajstić information content (AvgIpc) is 2.72. The van der Waals surface area contributed by atoms with Crippen LogP contribution in [0.1, 0.15) is 62.7 Å². The van der Waals surface area contributed by atoms with Gasteiger partial charge in [-0.05, 0) is 43.4 Å². The van der Waals surface area contributed by atoms with Crippen LogP contribution in [0.4, 0.5) is 0 Å². The fraction of sp³-hybridized carbons (Fsp3) is 0.591. The van der Waals surface area contributed by atoms with E-state index in [0.29, 0.717) is 36.9 Å². The van der Waals surface area contributed by atoms with Gasteiger partial charge >= 0.3 is 5.97 Å². The summed E-state index contributed by atoms with van der Waals surface area (Å²) in [6.45, 7) is 4.35. The summed E-state index contributed by atoms with van der Waals surface area (Å²) in [4.78, 5) is 24.5. The molecule has 7 heteroatoms. The quantitative estimate of drug-likeness (QED) is 0.634. The number of benzene rings is 1. The van der Waals surface area contributed by atoms with Gasteiger partial charge in [0.05, 0.1) is 25.3 Å². The predicted octanol–water partition coefficient (Wildman–Crippen LogP) is 3.62. The van der Waals surface area contributed by atoms with Crippen LogP contribution in [0.3, 0.4) is 0 Å². The first-order valence-corrected chi connectivity index (χ1v) is 10.1. The molecular weight excluding hydrogens is 372 g/mol. The number of hydrogen-bond acceptors (Lipinski definition) is 6. The van der Waals surface area contributed by atoms with Crippen LogP contribution in [-0.2, 0) is 9.53 Å². The predicted molar refractivity (Wildman–Crippen MR) is 108 cm³/mol. The topological polar surface area (TPSA) is 97.6 Å². The lowest BCUT2D eigenvalue weighted by Gasteiger charge is -2.31. The number of nitrogens with one attached hydrogen (secondary N) is 1. The van der Waals surface area contributed by atoms with E-state index in [4.69, 9.17) is 14.2 Å². The molecule has 2 rings (SSSR count). The number of carbonyl (C=O) groups is 2. The van der Waals surface area contributed by atoms with Gasteiger partial charge in [0.1, 0.15) is 5.54 Å². The number of esters is 1. The third-order valence-electron chi connectivity index (χ3n) is 4.99. The van der Waals surface area contributed by atoms with Gasteiger partial charge in [0.2, 0.25) is 0 Å². The van der Waals surface area contributed by atoms with Crippen LogP contribution in [0.5, 0.6) is 11.5 Å². The second-order valence-corrected chi connectivity index (χ2v) is 7.78. The van der Waals surface area contributed by atoms with Crippen LogP contribution in [0.25, 0.3) is 0 Å². The average molecular weight is 402 g/mol. The number of carbonyl (C=O) groups excluding carboxylic acids is 2. The minimum Gasteiger partial charge on any atom is -0.493 e. The zero-order valence-corrected chi connectivity index (χ0v) is 17.5. The molecule has 1 N–H and O–H groups in total. The maximum absolute atomic E-state index is 12.3. The van der Waals surface area contributed by atoms with Crippen molar-refractivity contribution in [2.45, 2.75) is 57.9 Å². The van der Waals surface area contributed by atoms with Gasteiger partial charge in [-0.2, -0.15) is 5.26 Å². The molecule has 1 saturated carbocycles. The molecule has 29 heavy (non-hydrogen) atoms. The second kappa shape index (κ2) is 10.7. The Hall–Kier alpha value is -2.75. The van der Waals surface area contributed by atoms with Crippen LogP contribution in [0.15, 0.2) is 18.2 Å². The maximum atomic E-state index is 12.3. The molecular formula is C22H30N2O5. The molecule has 1 amide bonds. The third-order valence-corrected chi connectivity index (χ3v) is 4.99. The molecule has 1 aliphatic rings. The summed E-state index contributed by atoms with van der Waals surface area (Å²) in [5.41, 5.74) is -0.585. The largest absolute Gasteiger partial charge is 0.493 e. The van der Waals surface area contributed by atoms with Crippen LogP contribution < -0.4 is 14.8 Å². The van der Waals surface area contributed by atoms with E-state index in [0.717, 1.165) is 25.7 Å². The maximum Gasteiger partial charge on any atom is 0.338 e. The number of methoxy groups -OCH3 is 1. The summed E-state index contributed by atoms with van der Waals surface area (Å²) < 4.78 is 16.1. The molecule has 158 valence electrons. The highest BCUT2D eigenvalue weighted by Crippen LogP contribution is 2.29. The van der Waals surface area contributed by atoms with Crippen molar-refractivity contribution in [1.82, 2.24) is 5.32 Å². The van der Waals surface area contributed by atoms with Crippen molar-refractivity contribution < 1.29 is 23.8 Å². The zero-order valence-electron chi connectivity index (χ0n) is 17.5. The van der Waals surface area contributed by atoms with E-state index >= 15 is 0 Å². The van der Waals surface area contributed by atoms with E-state index < -0.39 is 24.0 Å². The van der Waals surface area contributed by atoms with Crippen molar-refractivity contribution in [3.63, 3.8) is 0 Å². The number of amides is 1. The zero-order chi connectivity index (χ0) is 21.3. The van der Waals surface area contributed by atoms with Gasteiger partial charge in [0, 0.05) is 0 Å². The number of rotatable bonds is 9. The summed E-state index contributed by atoms with van der Waals surface area (Å²) in [6.07, 6.45) is 5.02. The number of hydrogen-bond donors (Lipinski definition) is 1. The monoisotopic (exact) mass is 402 g/mol. The Morgan fingerprint density at radius 3 is 2.55 bits per heavy atom. The summed E-state index contributed by atoms with van der Waals surface area (Å²) >= 11 is 0. The van der Waals surface area contributed by atoms with E-state index in [1.165, 1.54) is 13.2 Å². The molecule has 0 saturated heterocycles. The minimum absolute atomic E-state index is 0.263. The van der Waals surface area contributed by atoms with Crippen LogP contribution in [0, 0.1) is 17.2 Å². The van der Waals surface area contributed by atoms with E-state index in [1.54, 1.807) is 12.1 Å². The highest BCUT2D eigenvalue weighted by molar-refractivity contribution is 5.92. The molecule has 0 spiro atoms. The first-order valence-electron chi connectivity index (χ1n) is 10.1. The van der Waals surface area contributed by atoms with Crippen LogP contribution in [0.2, 0.25) is 0 Å². The summed E-state index contributed by atoms with van der Waals surface area (Å²) in [7, 11) is 1.50. The Morgan fingerprint density at radius 1 is 1.21 bits per heavy atom. The van der Waals surface area contributed by atoms with Gasteiger partial charge in [0.25, 0.3) is 5.91 Å². The molecule has 0 aliphatic heterocycles. The van der Waals surface area contributed by atoms with Crippen molar-refractivity contribution in [2.75, 3.05) is 20.3 Å². The van der Waals surface area contributed by atoms with E-state index in [-0.39, 0.29) is 5.56 Å². The highest BCUT2D eigenvalue weighted by atomic mass is 16.5. The lowest BCUT2D eigenvalue weighted by molar-refractivity contribution is -0.125. The second-order valence-electron chi connectivity index (χ2n) is 7.78. The Labute approximate surface area is 172 Å². The molecule has 0 radical (unpaired) electrons. The molecule has 1 aromatic rings.